The Morgan fingerprint density at radius 1 is 1.12 bits per heavy atom. The smallest absolute Gasteiger partial charge is 0.251 e. The van der Waals surface area contributed by atoms with Gasteiger partial charge in [0.2, 0.25) is 0 Å². The van der Waals surface area contributed by atoms with E-state index in [1.54, 1.807) is 41.9 Å². The fraction of sp³-hybridized carbons (Fsp3) is 0.111. The van der Waals surface area contributed by atoms with E-state index in [2.05, 4.69) is 10.3 Å². The molecule has 0 aliphatic heterocycles. The van der Waals surface area contributed by atoms with Gasteiger partial charge in [0.25, 0.3) is 5.91 Å². The summed E-state index contributed by atoms with van der Waals surface area (Å²) in [5.41, 5.74) is 4.01. The molecule has 1 N–H and O–H groups in total. The lowest BCUT2D eigenvalue weighted by atomic mass is 10.2. The Hall–Kier alpha value is -2.73. The van der Waals surface area contributed by atoms with E-state index in [0.29, 0.717) is 24.5 Å². The van der Waals surface area contributed by atoms with E-state index in [1.165, 1.54) is 23.5 Å². The molecule has 0 aliphatic rings. The van der Waals surface area contributed by atoms with E-state index in [-0.39, 0.29) is 11.7 Å². The average Bonchev–Trinajstić information content (AvgIpc) is 3.13. The van der Waals surface area contributed by atoms with Gasteiger partial charge in [-0.25, -0.2) is 9.37 Å². The molecule has 0 atom stereocenters. The van der Waals surface area contributed by atoms with Gasteiger partial charge in [-0.15, -0.1) is 11.3 Å². The van der Waals surface area contributed by atoms with Crippen LogP contribution in [0.3, 0.4) is 0 Å². The van der Waals surface area contributed by atoms with Crippen molar-refractivity contribution in [2.24, 2.45) is 0 Å². The first-order valence-electron chi connectivity index (χ1n) is 7.33. The minimum atomic E-state index is -0.293. The van der Waals surface area contributed by atoms with Gasteiger partial charge < -0.3 is 10.1 Å². The maximum Gasteiger partial charge on any atom is 0.251 e. The molecule has 0 aliphatic carbocycles. The van der Waals surface area contributed by atoms with Crippen molar-refractivity contribution in [1.82, 2.24) is 10.3 Å². The van der Waals surface area contributed by atoms with E-state index in [1.807, 2.05) is 5.38 Å². The van der Waals surface area contributed by atoms with Crippen molar-refractivity contribution in [2.75, 3.05) is 0 Å². The lowest BCUT2D eigenvalue weighted by Crippen LogP contribution is -2.22. The highest BCUT2D eigenvalue weighted by molar-refractivity contribution is 7.07. The van der Waals surface area contributed by atoms with Gasteiger partial charge in [0, 0.05) is 17.5 Å². The molecular formula is C18H15FN2O2S. The second-order valence-electron chi connectivity index (χ2n) is 5.10. The number of amides is 1. The summed E-state index contributed by atoms with van der Waals surface area (Å²) in [7, 11) is 0. The van der Waals surface area contributed by atoms with E-state index in [4.69, 9.17) is 4.74 Å². The Bertz CT molecular complexity index is 787. The highest BCUT2D eigenvalue weighted by Gasteiger charge is 2.06. The quantitative estimate of drug-likeness (QED) is 0.741. The second kappa shape index (κ2) is 7.70. The number of carbonyl (C=O) groups excluding carboxylic acids is 1. The average molecular weight is 342 g/mol. The van der Waals surface area contributed by atoms with Crippen LogP contribution in [-0.2, 0) is 13.2 Å². The highest BCUT2D eigenvalue weighted by Crippen LogP contribution is 2.14. The first-order valence-corrected chi connectivity index (χ1v) is 8.27. The van der Waals surface area contributed by atoms with Crippen LogP contribution in [0.5, 0.6) is 5.75 Å². The van der Waals surface area contributed by atoms with Crippen molar-refractivity contribution < 1.29 is 13.9 Å². The number of carbonyl (C=O) groups is 1. The monoisotopic (exact) mass is 342 g/mol. The number of nitrogens with one attached hydrogen (secondary N) is 1. The zero-order valence-corrected chi connectivity index (χ0v) is 13.6. The lowest BCUT2D eigenvalue weighted by molar-refractivity contribution is 0.0951. The van der Waals surface area contributed by atoms with E-state index in [9.17, 15) is 9.18 Å². The molecule has 122 valence electrons. The summed E-state index contributed by atoms with van der Waals surface area (Å²) in [6.07, 6.45) is 0. The molecule has 2 aromatic carbocycles. The molecule has 0 saturated heterocycles. The van der Waals surface area contributed by atoms with E-state index < -0.39 is 0 Å². The predicted octanol–water partition coefficient (Wildman–Crippen LogP) is 3.79. The SMILES string of the molecule is O=C(NCc1ccc(F)cc1)c1ccc(OCc2cscn2)cc1. The molecule has 3 rings (SSSR count). The van der Waals surface area contributed by atoms with Gasteiger partial charge in [0.1, 0.15) is 18.2 Å². The van der Waals surface area contributed by atoms with Crippen molar-refractivity contribution in [3.63, 3.8) is 0 Å². The van der Waals surface area contributed by atoms with Crippen LogP contribution in [0.2, 0.25) is 0 Å². The van der Waals surface area contributed by atoms with Crippen LogP contribution in [-0.4, -0.2) is 10.9 Å². The highest BCUT2D eigenvalue weighted by atomic mass is 32.1. The number of nitrogens with zero attached hydrogens (tertiary/aromatic N) is 1. The second-order valence-corrected chi connectivity index (χ2v) is 5.82. The van der Waals surface area contributed by atoms with Crippen LogP contribution < -0.4 is 10.1 Å². The van der Waals surface area contributed by atoms with Gasteiger partial charge in [0.05, 0.1) is 11.2 Å². The Morgan fingerprint density at radius 3 is 2.54 bits per heavy atom. The number of benzene rings is 2. The van der Waals surface area contributed by atoms with Gasteiger partial charge in [-0.1, -0.05) is 12.1 Å². The Balaban J connectivity index is 1.52. The minimum absolute atomic E-state index is 0.189. The van der Waals surface area contributed by atoms with E-state index >= 15 is 0 Å². The topological polar surface area (TPSA) is 51.2 Å². The van der Waals surface area contributed by atoms with Crippen LogP contribution in [0.4, 0.5) is 4.39 Å². The number of thiazole rings is 1. The first kappa shape index (κ1) is 16.1. The van der Waals surface area contributed by atoms with Crippen LogP contribution in [0.15, 0.2) is 59.4 Å². The number of rotatable bonds is 6. The molecule has 0 bridgehead atoms. The minimum Gasteiger partial charge on any atom is -0.487 e. The van der Waals surface area contributed by atoms with Crippen LogP contribution in [0.1, 0.15) is 21.6 Å². The van der Waals surface area contributed by atoms with E-state index in [0.717, 1.165) is 11.3 Å². The Labute approximate surface area is 142 Å². The van der Waals surface area contributed by atoms with Crippen molar-refractivity contribution >= 4 is 17.2 Å². The maximum absolute atomic E-state index is 12.8. The Morgan fingerprint density at radius 2 is 1.88 bits per heavy atom. The van der Waals surface area contributed by atoms with Gasteiger partial charge in [-0.05, 0) is 42.0 Å². The molecule has 3 aromatic rings. The molecule has 1 heterocycles. The summed E-state index contributed by atoms with van der Waals surface area (Å²) in [6.45, 7) is 0.751. The number of aromatic nitrogens is 1. The lowest BCUT2D eigenvalue weighted by Gasteiger charge is -2.07. The standard InChI is InChI=1S/C18H15FN2O2S/c19-15-5-1-13(2-6-15)9-20-18(22)14-3-7-17(8-4-14)23-10-16-11-24-12-21-16/h1-8,11-12H,9-10H2,(H,20,22). The molecule has 24 heavy (non-hydrogen) atoms. The fourth-order valence-corrected chi connectivity index (χ4v) is 2.60. The molecule has 1 amide bonds. The first-order chi connectivity index (χ1) is 11.7. The number of halogens is 1. The van der Waals surface area contributed by atoms with Crippen molar-refractivity contribution in [3.8, 4) is 5.75 Å². The van der Waals surface area contributed by atoms with Crippen LogP contribution in [0, 0.1) is 5.82 Å². The summed E-state index contributed by atoms with van der Waals surface area (Å²) in [5.74, 6) is 0.196. The molecular weight excluding hydrogens is 327 g/mol. The zero-order valence-electron chi connectivity index (χ0n) is 12.7. The molecule has 0 unspecified atom stereocenters. The molecule has 4 nitrogen and oxygen atoms in total. The fourth-order valence-electron chi connectivity index (χ4n) is 2.06. The summed E-state index contributed by atoms with van der Waals surface area (Å²) < 4.78 is 18.4. The van der Waals surface area contributed by atoms with Crippen molar-refractivity contribution in [2.45, 2.75) is 13.2 Å². The van der Waals surface area contributed by atoms with Crippen LogP contribution >= 0.6 is 11.3 Å². The largest absolute Gasteiger partial charge is 0.487 e. The van der Waals surface area contributed by atoms with Gasteiger partial charge in [-0.3, -0.25) is 4.79 Å². The molecule has 0 saturated carbocycles. The Kier molecular flexibility index (Phi) is 5.18. The molecule has 1 aromatic heterocycles. The molecule has 0 spiro atoms. The summed E-state index contributed by atoms with van der Waals surface area (Å²) in [4.78, 5) is 16.2. The van der Waals surface area contributed by atoms with Crippen molar-refractivity contribution in [1.29, 1.82) is 0 Å². The van der Waals surface area contributed by atoms with Crippen molar-refractivity contribution in [3.05, 3.63) is 82.1 Å². The molecule has 0 radical (unpaired) electrons. The third-order valence-corrected chi connectivity index (χ3v) is 3.99. The zero-order chi connectivity index (χ0) is 16.8. The number of hydrogen-bond donors (Lipinski definition) is 1. The predicted molar refractivity (Wildman–Crippen MR) is 90.5 cm³/mol. The van der Waals surface area contributed by atoms with Crippen LogP contribution in [0.25, 0.3) is 0 Å². The summed E-state index contributed by atoms with van der Waals surface area (Å²) >= 11 is 1.52. The normalized spacial score (nSPS) is 10.4. The third-order valence-electron chi connectivity index (χ3n) is 3.35. The van der Waals surface area contributed by atoms with Gasteiger partial charge in [0.15, 0.2) is 0 Å². The van der Waals surface area contributed by atoms with Gasteiger partial charge >= 0.3 is 0 Å². The summed E-state index contributed by atoms with van der Waals surface area (Å²) in [6, 6.07) is 12.9. The maximum atomic E-state index is 12.8. The number of ether oxygens (including phenoxy) is 1. The van der Waals surface area contributed by atoms with Gasteiger partial charge in [-0.2, -0.15) is 0 Å². The molecule has 0 fully saturated rings. The number of hydrogen-bond acceptors (Lipinski definition) is 4. The third kappa shape index (κ3) is 4.39. The summed E-state index contributed by atoms with van der Waals surface area (Å²) in [5, 5.41) is 4.73. The molecule has 6 heteroatoms.